The van der Waals surface area contributed by atoms with Crippen molar-refractivity contribution in [2.45, 2.75) is 26.1 Å². The summed E-state index contributed by atoms with van der Waals surface area (Å²) in [5, 5.41) is 8.58. The van der Waals surface area contributed by atoms with Crippen LogP contribution in [0.3, 0.4) is 0 Å². The zero-order valence-corrected chi connectivity index (χ0v) is 16.2. The summed E-state index contributed by atoms with van der Waals surface area (Å²) in [6, 6.07) is 6.90. The third kappa shape index (κ3) is 6.28. The lowest BCUT2D eigenvalue weighted by atomic mass is 10.2. The van der Waals surface area contributed by atoms with Crippen LogP contribution in [0.1, 0.15) is 19.4 Å². The van der Waals surface area contributed by atoms with Gasteiger partial charge in [-0.05, 0) is 37.6 Å². The highest BCUT2D eigenvalue weighted by molar-refractivity contribution is 5.89. The van der Waals surface area contributed by atoms with Crippen LogP contribution in [-0.4, -0.2) is 62.4 Å². The van der Waals surface area contributed by atoms with E-state index in [2.05, 4.69) is 0 Å². The molecule has 28 heavy (non-hydrogen) atoms. The van der Waals surface area contributed by atoms with Gasteiger partial charge in [0.05, 0.1) is 19.3 Å². The van der Waals surface area contributed by atoms with Crippen LogP contribution in [0.25, 0.3) is 6.08 Å². The SMILES string of the molecule is COc1cc(C=CC(=O)OCC(=O)N2CC(C)OC(C)C2)ccc1OCC#N. The van der Waals surface area contributed by atoms with E-state index in [0.29, 0.717) is 30.2 Å². The Morgan fingerprint density at radius 2 is 2.00 bits per heavy atom. The number of esters is 1. The molecule has 2 atom stereocenters. The summed E-state index contributed by atoms with van der Waals surface area (Å²) in [4.78, 5) is 25.7. The topological polar surface area (TPSA) is 98.1 Å². The van der Waals surface area contributed by atoms with Crippen LogP contribution < -0.4 is 9.47 Å². The predicted molar refractivity (Wildman–Crippen MR) is 101 cm³/mol. The van der Waals surface area contributed by atoms with Gasteiger partial charge in [-0.15, -0.1) is 0 Å². The average Bonchev–Trinajstić information content (AvgIpc) is 2.68. The first-order valence-corrected chi connectivity index (χ1v) is 8.88. The Morgan fingerprint density at radius 1 is 1.29 bits per heavy atom. The molecule has 1 aromatic rings. The van der Waals surface area contributed by atoms with Gasteiger partial charge < -0.3 is 23.8 Å². The molecule has 0 spiro atoms. The number of amides is 1. The highest BCUT2D eigenvalue weighted by Gasteiger charge is 2.26. The largest absolute Gasteiger partial charge is 0.493 e. The smallest absolute Gasteiger partial charge is 0.331 e. The number of methoxy groups -OCH3 is 1. The van der Waals surface area contributed by atoms with Gasteiger partial charge in [-0.3, -0.25) is 4.79 Å². The molecule has 1 saturated heterocycles. The lowest BCUT2D eigenvalue weighted by Crippen LogP contribution is -2.49. The van der Waals surface area contributed by atoms with Crippen LogP contribution in [0.4, 0.5) is 0 Å². The minimum Gasteiger partial charge on any atom is -0.493 e. The summed E-state index contributed by atoms with van der Waals surface area (Å²) in [6.45, 7) is 4.36. The van der Waals surface area contributed by atoms with Crippen molar-refractivity contribution in [1.82, 2.24) is 4.90 Å². The standard InChI is InChI=1S/C20H24N2O6/c1-14-11-22(12-15(2)28-14)19(23)13-27-20(24)7-5-16-4-6-17(26-9-8-21)18(10-16)25-3/h4-7,10,14-15H,9,11-13H2,1-3H3. The summed E-state index contributed by atoms with van der Waals surface area (Å²) in [5.74, 6) is 0.00994. The number of ether oxygens (including phenoxy) is 4. The van der Waals surface area contributed by atoms with E-state index in [1.165, 1.54) is 13.2 Å². The molecule has 0 bridgehead atoms. The Balaban J connectivity index is 1.87. The number of hydrogen-bond donors (Lipinski definition) is 0. The lowest BCUT2D eigenvalue weighted by Gasteiger charge is -2.35. The number of carbonyl (C=O) groups excluding carboxylic acids is 2. The van der Waals surface area contributed by atoms with Gasteiger partial charge in [0.25, 0.3) is 5.91 Å². The number of morpholine rings is 1. The van der Waals surface area contributed by atoms with E-state index in [1.54, 1.807) is 29.2 Å². The maximum absolute atomic E-state index is 12.2. The van der Waals surface area contributed by atoms with Crippen LogP contribution in [0.15, 0.2) is 24.3 Å². The number of hydrogen-bond acceptors (Lipinski definition) is 7. The van der Waals surface area contributed by atoms with E-state index >= 15 is 0 Å². The summed E-state index contributed by atoms with van der Waals surface area (Å²) < 4.78 is 21.1. The molecule has 0 aliphatic carbocycles. The molecule has 1 aromatic carbocycles. The van der Waals surface area contributed by atoms with Gasteiger partial charge in [0.15, 0.2) is 24.7 Å². The highest BCUT2D eigenvalue weighted by Crippen LogP contribution is 2.28. The Bertz CT molecular complexity index is 760. The Hall–Kier alpha value is -3.05. The van der Waals surface area contributed by atoms with Gasteiger partial charge in [-0.1, -0.05) is 6.07 Å². The number of carbonyl (C=O) groups is 2. The molecule has 0 saturated carbocycles. The molecule has 1 aliphatic heterocycles. The average molecular weight is 388 g/mol. The third-order valence-electron chi connectivity index (χ3n) is 4.00. The molecule has 2 rings (SSSR count). The van der Waals surface area contributed by atoms with Crippen molar-refractivity contribution < 1.29 is 28.5 Å². The van der Waals surface area contributed by atoms with Gasteiger partial charge in [-0.25, -0.2) is 4.79 Å². The molecule has 1 amide bonds. The predicted octanol–water partition coefficient (Wildman–Crippen LogP) is 1.79. The maximum atomic E-state index is 12.2. The van der Waals surface area contributed by atoms with Crippen molar-refractivity contribution in [3.8, 4) is 17.6 Å². The molecule has 1 fully saturated rings. The van der Waals surface area contributed by atoms with Gasteiger partial charge in [0.1, 0.15) is 6.07 Å². The first-order valence-electron chi connectivity index (χ1n) is 8.88. The second-order valence-corrected chi connectivity index (χ2v) is 6.35. The van der Waals surface area contributed by atoms with Crippen molar-refractivity contribution in [2.24, 2.45) is 0 Å². The van der Waals surface area contributed by atoms with Gasteiger partial charge in [0, 0.05) is 19.2 Å². The molecule has 0 N–H and O–H groups in total. The van der Waals surface area contributed by atoms with Crippen LogP contribution >= 0.6 is 0 Å². The van der Waals surface area contributed by atoms with Crippen molar-refractivity contribution in [3.05, 3.63) is 29.8 Å². The van der Waals surface area contributed by atoms with Crippen molar-refractivity contribution in [3.63, 3.8) is 0 Å². The van der Waals surface area contributed by atoms with E-state index < -0.39 is 5.97 Å². The van der Waals surface area contributed by atoms with Crippen LogP contribution in [0, 0.1) is 11.3 Å². The fourth-order valence-corrected chi connectivity index (χ4v) is 2.84. The monoisotopic (exact) mass is 388 g/mol. The van der Waals surface area contributed by atoms with Crippen LogP contribution in [0.5, 0.6) is 11.5 Å². The normalized spacial score (nSPS) is 19.1. The number of benzene rings is 1. The van der Waals surface area contributed by atoms with E-state index in [9.17, 15) is 9.59 Å². The maximum Gasteiger partial charge on any atom is 0.331 e. The molecule has 8 heteroatoms. The quantitative estimate of drug-likeness (QED) is 0.519. The second kappa shape index (κ2) is 10.3. The molecule has 1 aliphatic rings. The Labute approximate surface area is 164 Å². The fourth-order valence-electron chi connectivity index (χ4n) is 2.84. The van der Waals surface area contributed by atoms with Gasteiger partial charge in [-0.2, -0.15) is 5.26 Å². The number of nitrogens with zero attached hydrogens (tertiary/aromatic N) is 2. The highest BCUT2D eigenvalue weighted by atomic mass is 16.5. The van der Waals surface area contributed by atoms with Crippen LogP contribution in [-0.2, 0) is 19.1 Å². The summed E-state index contributed by atoms with van der Waals surface area (Å²) >= 11 is 0. The zero-order chi connectivity index (χ0) is 20.5. The van der Waals surface area contributed by atoms with Gasteiger partial charge >= 0.3 is 5.97 Å². The molecule has 0 radical (unpaired) electrons. The second-order valence-electron chi connectivity index (χ2n) is 6.35. The minimum atomic E-state index is -0.619. The van der Waals surface area contributed by atoms with E-state index in [4.69, 9.17) is 24.2 Å². The molecule has 8 nitrogen and oxygen atoms in total. The van der Waals surface area contributed by atoms with Crippen LogP contribution in [0.2, 0.25) is 0 Å². The summed E-state index contributed by atoms with van der Waals surface area (Å²) in [7, 11) is 1.48. The fraction of sp³-hybridized carbons (Fsp3) is 0.450. The van der Waals surface area contributed by atoms with Crippen molar-refractivity contribution in [2.75, 3.05) is 33.4 Å². The van der Waals surface area contributed by atoms with E-state index in [0.717, 1.165) is 0 Å². The molecule has 1 heterocycles. The van der Waals surface area contributed by atoms with E-state index in [1.807, 2.05) is 19.9 Å². The molecule has 150 valence electrons. The number of nitriles is 1. The minimum absolute atomic E-state index is 0.0432. The zero-order valence-electron chi connectivity index (χ0n) is 16.2. The summed E-state index contributed by atoms with van der Waals surface area (Å²) in [6.07, 6.45) is 2.70. The van der Waals surface area contributed by atoms with Crippen molar-refractivity contribution >= 4 is 18.0 Å². The first kappa shape index (κ1) is 21.3. The third-order valence-corrected chi connectivity index (χ3v) is 4.00. The molecular weight excluding hydrogens is 364 g/mol. The molecule has 2 unspecified atom stereocenters. The Kier molecular flexibility index (Phi) is 7.84. The Morgan fingerprint density at radius 3 is 2.64 bits per heavy atom. The molecular formula is C20H24N2O6. The first-order chi connectivity index (χ1) is 13.4. The van der Waals surface area contributed by atoms with Gasteiger partial charge in [0.2, 0.25) is 0 Å². The molecule has 0 aromatic heterocycles. The summed E-state index contributed by atoms with van der Waals surface area (Å²) in [5.41, 5.74) is 0.681. The van der Waals surface area contributed by atoms with E-state index in [-0.39, 0.29) is 31.3 Å². The van der Waals surface area contributed by atoms with Crippen molar-refractivity contribution in [1.29, 1.82) is 5.26 Å². The number of rotatable bonds is 7. The lowest BCUT2D eigenvalue weighted by molar-refractivity contribution is -0.154.